The lowest BCUT2D eigenvalue weighted by Crippen LogP contribution is -2.30. The Morgan fingerprint density at radius 1 is 1.05 bits per heavy atom. The molecule has 5 nitrogen and oxygen atoms in total. The van der Waals surface area contributed by atoms with Gasteiger partial charge < -0.3 is 0 Å². The predicted octanol–water partition coefficient (Wildman–Crippen LogP) is 2.07. The van der Waals surface area contributed by atoms with Crippen molar-refractivity contribution in [3.8, 4) is 6.07 Å². The fourth-order valence-electron chi connectivity index (χ4n) is 2.19. The Morgan fingerprint density at radius 3 is 2.41 bits per heavy atom. The second-order valence-corrected chi connectivity index (χ2v) is 6.37. The van der Waals surface area contributed by atoms with Gasteiger partial charge in [-0.2, -0.15) is 5.26 Å². The summed E-state index contributed by atoms with van der Waals surface area (Å²) in [7, 11) is -3.75. The van der Waals surface area contributed by atoms with E-state index in [4.69, 9.17) is 5.26 Å². The molecule has 108 valence electrons. The lowest BCUT2D eigenvalue weighted by molar-refractivity contribution is 0.103. The molecule has 0 atom stereocenters. The maximum Gasteiger partial charge on any atom is 0.262 e. The van der Waals surface area contributed by atoms with Gasteiger partial charge in [0.05, 0.1) is 22.2 Å². The van der Waals surface area contributed by atoms with E-state index in [2.05, 4.69) is 4.72 Å². The Bertz CT molecular complexity index is 936. The molecule has 0 aliphatic carbocycles. The molecule has 0 amide bonds. The third-order valence-corrected chi connectivity index (χ3v) is 4.71. The largest absolute Gasteiger partial charge is 0.287 e. The molecular weight excluding hydrogens is 300 g/mol. The van der Waals surface area contributed by atoms with E-state index in [9.17, 15) is 13.2 Å². The van der Waals surface area contributed by atoms with E-state index in [1.54, 1.807) is 18.2 Å². The van der Waals surface area contributed by atoms with Gasteiger partial charge in [-0.15, -0.1) is 0 Å². The van der Waals surface area contributed by atoms with Gasteiger partial charge in [0.2, 0.25) is 5.78 Å². The van der Waals surface area contributed by atoms with Gasteiger partial charge in [-0.05, 0) is 42.0 Å². The molecule has 0 saturated carbocycles. The number of ketones is 1. The van der Waals surface area contributed by atoms with Gasteiger partial charge in [-0.25, -0.2) is 8.42 Å². The predicted molar refractivity (Wildman–Crippen MR) is 80.2 cm³/mol. The molecule has 0 saturated heterocycles. The number of fused-ring (bicyclic) bond motifs is 1. The number of Topliss-reactive ketones (excluding diaryl/α,β-unsaturated/α-hetero) is 1. The van der Waals surface area contributed by atoms with Gasteiger partial charge >= 0.3 is 0 Å². The van der Waals surface area contributed by atoms with Gasteiger partial charge in [0.1, 0.15) is 0 Å². The molecule has 2 aromatic carbocycles. The van der Waals surface area contributed by atoms with Gasteiger partial charge in [0.15, 0.2) is 0 Å². The van der Waals surface area contributed by atoms with Crippen molar-refractivity contribution in [3.63, 3.8) is 0 Å². The quantitative estimate of drug-likeness (QED) is 0.860. The van der Waals surface area contributed by atoms with Crippen LogP contribution in [0.25, 0.3) is 6.08 Å². The fraction of sp³-hybridized carbons (Fsp3) is 0. The molecule has 1 heterocycles. The van der Waals surface area contributed by atoms with Crippen molar-refractivity contribution in [2.75, 3.05) is 0 Å². The molecule has 1 aliphatic rings. The highest BCUT2D eigenvalue weighted by atomic mass is 32.2. The van der Waals surface area contributed by atoms with Crippen LogP contribution in [0.2, 0.25) is 0 Å². The summed E-state index contributed by atoms with van der Waals surface area (Å²) in [4.78, 5) is 12.6. The van der Waals surface area contributed by atoms with E-state index in [0.717, 1.165) is 0 Å². The van der Waals surface area contributed by atoms with Crippen LogP contribution in [-0.4, -0.2) is 14.2 Å². The molecule has 1 N–H and O–H groups in total. The summed E-state index contributed by atoms with van der Waals surface area (Å²) in [6.45, 7) is 0. The van der Waals surface area contributed by atoms with Gasteiger partial charge in [0.25, 0.3) is 10.0 Å². The zero-order valence-corrected chi connectivity index (χ0v) is 12.1. The minimum absolute atomic E-state index is 0.0107. The lowest BCUT2D eigenvalue weighted by Gasteiger charge is -2.18. The number of allylic oxidation sites excluding steroid dienone is 1. The molecule has 0 bridgehead atoms. The fourth-order valence-corrected chi connectivity index (χ4v) is 3.44. The SMILES string of the molecule is N#Cc1ccc(C(=O)C2=Cc3ccccc3S(=O)(=O)N2)cc1. The van der Waals surface area contributed by atoms with Crippen molar-refractivity contribution >= 4 is 21.9 Å². The minimum Gasteiger partial charge on any atom is -0.287 e. The second kappa shape index (κ2) is 5.13. The lowest BCUT2D eigenvalue weighted by atomic mass is 10.0. The Balaban J connectivity index is 2.04. The Kier molecular flexibility index (Phi) is 3.28. The highest BCUT2D eigenvalue weighted by Crippen LogP contribution is 2.25. The maximum atomic E-state index is 12.4. The summed E-state index contributed by atoms with van der Waals surface area (Å²) in [5.74, 6) is -0.442. The van der Waals surface area contributed by atoms with Crippen LogP contribution in [0, 0.1) is 11.3 Å². The van der Waals surface area contributed by atoms with Crippen molar-refractivity contribution in [2.45, 2.75) is 4.90 Å². The Labute approximate surface area is 127 Å². The van der Waals surface area contributed by atoms with Crippen LogP contribution in [0.1, 0.15) is 21.5 Å². The number of sulfonamides is 1. The molecule has 0 radical (unpaired) electrons. The van der Waals surface area contributed by atoms with E-state index < -0.39 is 15.8 Å². The first-order valence-corrected chi connectivity index (χ1v) is 7.88. The number of carbonyl (C=O) groups is 1. The summed E-state index contributed by atoms with van der Waals surface area (Å²) in [5.41, 5.74) is 1.20. The molecule has 0 aromatic heterocycles. The zero-order valence-electron chi connectivity index (χ0n) is 11.3. The standard InChI is InChI=1S/C16H10N2O3S/c17-10-11-5-7-12(8-6-11)16(19)14-9-13-3-1-2-4-15(13)22(20,21)18-14/h1-9,18H. The van der Waals surface area contributed by atoms with Crippen LogP contribution in [0.15, 0.2) is 59.1 Å². The molecule has 1 aliphatic heterocycles. The van der Waals surface area contributed by atoms with Crippen molar-refractivity contribution < 1.29 is 13.2 Å². The van der Waals surface area contributed by atoms with E-state index in [0.29, 0.717) is 16.7 Å². The van der Waals surface area contributed by atoms with Crippen LogP contribution >= 0.6 is 0 Å². The van der Waals surface area contributed by atoms with E-state index in [-0.39, 0.29) is 10.6 Å². The normalized spacial score (nSPS) is 15.0. The van der Waals surface area contributed by atoms with Crippen molar-refractivity contribution in [3.05, 3.63) is 70.9 Å². The molecule has 0 spiro atoms. The summed E-state index contributed by atoms with van der Waals surface area (Å²) < 4.78 is 26.6. The first kappa shape index (κ1) is 14.0. The second-order valence-electron chi connectivity index (χ2n) is 4.72. The minimum atomic E-state index is -3.75. The number of hydrogen-bond acceptors (Lipinski definition) is 4. The number of hydrogen-bond donors (Lipinski definition) is 1. The van der Waals surface area contributed by atoms with Crippen molar-refractivity contribution in [2.24, 2.45) is 0 Å². The number of nitriles is 1. The maximum absolute atomic E-state index is 12.4. The number of benzene rings is 2. The highest BCUT2D eigenvalue weighted by molar-refractivity contribution is 7.89. The number of nitrogens with zero attached hydrogens (tertiary/aromatic N) is 1. The summed E-state index contributed by atoms with van der Waals surface area (Å²) >= 11 is 0. The number of nitrogens with one attached hydrogen (secondary N) is 1. The molecule has 6 heteroatoms. The summed E-state index contributed by atoms with van der Waals surface area (Å²) in [6, 6.07) is 14.4. The number of rotatable bonds is 2. The summed E-state index contributed by atoms with van der Waals surface area (Å²) in [5, 5.41) is 8.76. The smallest absolute Gasteiger partial charge is 0.262 e. The van der Waals surface area contributed by atoms with Gasteiger partial charge in [0, 0.05) is 5.56 Å². The molecule has 3 rings (SSSR count). The molecule has 0 fully saturated rings. The van der Waals surface area contributed by atoms with Gasteiger partial charge in [-0.3, -0.25) is 9.52 Å². The van der Waals surface area contributed by atoms with E-state index in [1.807, 2.05) is 6.07 Å². The van der Waals surface area contributed by atoms with E-state index in [1.165, 1.54) is 36.4 Å². The average molecular weight is 310 g/mol. The molecule has 2 aromatic rings. The van der Waals surface area contributed by atoms with Crippen LogP contribution in [0.5, 0.6) is 0 Å². The molecule has 22 heavy (non-hydrogen) atoms. The molecular formula is C16H10N2O3S. The topological polar surface area (TPSA) is 87.0 Å². The third kappa shape index (κ3) is 2.38. The summed E-state index contributed by atoms with van der Waals surface area (Å²) in [6.07, 6.45) is 1.51. The van der Waals surface area contributed by atoms with Crippen molar-refractivity contribution in [1.82, 2.24) is 4.72 Å². The first-order chi connectivity index (χ1) is 10.5. The van der Waals surface area contributed by atoms with Gasteiger partial charge in [-0.1, -0.05) is 18.2 Å². The molecule has 0 unspecified atom stereocenters. The van der Waals surface area contributed by atoms with Crippen LogP contribution in [-0.2, 0) is 10.0 Å². The van der Waals surface area contributed by atoms with Crippen LogP contribution in [0.4, 0.5) is 0 Å². The third-order valence-electron chi connectivity index (χ3n) is 3.27. The van der Waals surface area contributed by atoms with E-state index >= 15 is 0 Å². The Hall–Kier alpha value is -2.91. The first-order valence-electron chi connectivity index (χ1n) is 6.40. The van der Waals surface area contributed by atoms with Crippen molar-refractivity contribution in [1.29, 1.82) is 5.26 Å². The van der Waals surface area contributed by atoms with Crippen LogP contribution < -0.4 is 4.72 Å². The Morgan fingerprint density at radius 2 is 1.73 bits per heavy atom. The average Bonchev–Trinajstić information content (AvgIpc) is 2.53. The van der Waals surface area contributed by atoms with Crippen LogP contribution in [0.3, 0.4) is 0 Å². The monoisotopic (exact) mass is 310 g/mol. The highest BCUT2D eigenvalue weighted by Gasteiger charge is 2.27. The number of carbonyl (C=O) groups excluding carboxylic acids is 1. The zero-order chi connectivity index (χ0) is 15.7.